The molecule has 9 nitrogen and oxygen atoms in total. The van der Waals surface area contributed by atoms with E-state index >= 15 is 0 Å². The van der Waals surface area contributed by atoms with Gasteiger partial charge in [0.15, 0.2) is 11.5 Å². The van der Waals surface area contributed by atoms with Gasteiger partial charge < -0.3 is 29.3 Å². The SMILES string of the molecule is CCN(CC(=O)NCc1cccs1)C(=O)C1CC(=O)N(c2cc(OC)c(OC)c(OC)c2)C1. The van der Waals surface area contributed by atoms with Crippen LogP contribution in [0, 0.1) is 5.92 Å². The summed E-state index contributed by atoms with van der Waals surface area (Å²) in [6.07, 6.45) is 0.0722. The number of nitrogens with one attached hydrogen (secondary N) is 1. The number of rotatable bonds is 10. The molecule has 0 radical (unpaired) electrons. The Morgan fingerprint density at radius 1 is 1.18 bits per heavy atom. The van der Waals surface area contributed by atoms with Crippen LogP contribution in [0.5, 0.6) is 17.2 Å². The maximum atomic E-state index is 13.1. The number of carbonyl (C=O) groups is 3. The normalized spacial score (nSPS) is 15.3. The molecule has 1 atom stereocenters. The van der Waals surface area contributed by atoms with Gasteiger partial charge in [0.1, 0.15) is 0 Å². The van der Waals surface area contributed by atoms with E-state index in [1.54, 1.807) is 23.5 Å². The Morgan fingerprint density at radius 3 is 2.42 bits per heavy atom. The molecule has 1 fully saturated rings. The van der Waals surface area contributed by atoms with Crippen LogP contribution in [0.2, 0.25) is 0 Å². The van der Waals surface area contributed by atoms with Gasteiger partial charge >= 0.3 is 0 Å². The molecule has 3 rings (SSSR count). The van der Waals surface area contributed by atoms with Crippen LogP contribution < -0.4 is 24.4 Å². The minimum atomic E-state index is -0.540. The van der Waals surface area contributed by atoms with Crippen LogP contribution in [0.15, 0.2) is 29.6 Å². The van der Waals surface area contributed by atoms with Gasteiger partial charge in [0, 0.05) is 36.5 Å². The van der Waals surface area contributed by atoms with Gasteiger partial charge in [-0.05, 0) is 18.4 Å². The lowest BCUT2D eigenvalue weighted by molar-refractivity contribution is -0.139. The first-order chi connectivity index (χ1) is 15.9. The molecule has 0 saturated carbocycles. The van der Waals surface area contributed by atoms with Crippen LogP contribution in [-0.4, -0.2) is 63.6 Å². The second-order valence-electron chi connectivity index (χ2n) is 7.50. The molecule has 3 amide bonds. The number of anilines is 1. The molecule has 2 aromatic rings. The lowest BCUT2D eigenvalue weighted by Crippen LogP contribution is -2.43. The van der Waals surface area contributed by atoms with Crippen LogP contribution in [0.3, 0.4) is 0 Å². The molecule has 10 heteroatoms. The Morgan fingerprint density at radius 2 is 1.88 bits per heavy atom. The zero-order valence-corrected chi connectivity index (χ0v) is 20.1. The van der Waals surface area contributed by atoms with Crippen molar-refractivity contribution in [2.75, 3.05) is 45.9 Å². The van der Waals surface area contributed by atoms with Crippen molar-refractivity contribution in [3.63, 3.8) is 0 Å². The van der Waals surface area contributed by atoms with E-state index in [9.17, 15) is 14.4 Å². The average molecular weight is 476 g/mol. The van der Waals surface area contributed by atoms with E-state index in [0.717, 1.165) is 4.88 Å². The van der Waals surface area contributed by atoms with Crippen molar-refractivity contribution < 1.29 is 28.6 Å². The predicted molar refractivity (Wildman–Crippen MR) is 125 cm³/mol. The van der Waals surface area contributed by atoms with E-state index in [2.05, 4.69) is 5.32 Å². The molecule has 33 heavy (non-hydrogen) atoms. The Kier molecular flexibility index (Phi) is 8.16. The maximum absolute atomic E-state index is 13.1. The quantitative estimate of drug-likeness (QED) is 0.566. The highest BCUT2D eigenvalue weighted by Gasteiger charge is 2.38. The number of nitrogens with zero attached hydrogens (tertiary/aromatic N) is 2. The van der Waals surface area contributed by atoms with Gasteiger partial charge in [-0.25, -0.2) is 0 Å². The third-order valence-corrected chi connectivity index (χ3v) is 6.38. The summed E-state index contributed by atoms with van der Waals surface area (Å²) in [4.78, 5) is 42.3. The number of amides is 3. The molecular weight excluding hydrogens is 446 g/mol. The summed E-state index contributed by atoms with van der Waals surface area (Å²) in [5, 5.41) is 4.78. The minimum Gasteiger partial charge on any atom is -0.493 e. The van der Waals surface area contributed by atoms with Crippen LogP contribution in [0.1, 0.15) is 18.2 Å². The molecule has 1 aromatic carbocycles. The number of benzene rings is 1. The van der Waals surface area contributed by atoms with Crippen LogP contribution in [-0.2, 0) is 20.9 Å². The topological polar surface area (TPSA) is 97.4 Å². The van der Waals surface area contributed by atoms with Crippen molar-refractivity contribution in [3.8, 4) is 17.2 Å². The molecule has 1 aliphatic heterocycles. The molecule has 2 heterocycles. The van der Waals surface area contributed by atoms with Gasteiger partial charge in [0.25, 0.3) is 0 Å². The van der Waals surface area contributed by atoms with Gasteiger partial charge in [-0.15, -0.1) is 11.3 Å². The van der Waals surface area contributed by atoms with E-state index in [4.69, 9.17) is 14.2 Å². The summed E-state index contributed by atoms with van der Waals surface area (Å²) in [7, 11) is 4.51. The summed E-state index contributed by atoms with van der Waals surface area (Å²) in [6, 6.07) is 7.23. The summed E-state index contributed by atoms with van der Waals surface area (Å²) >= 11 is 1.56. The molecule has 0 spiro atoms. The van der Waals surface area contributed by atoms with Crippen LogP contribution in [0.25, 0.3) is 0 Å². The molecule has 178 valence electrons. The third kappa shape index (κ3) is 5.57. The highest BCUT2D eigenvalue weighted by atomic mass is 32.1. The minimum absolute atomic E-state index is 0.0461. The molecule has 1 aliphatic rings. The van der Waals surface area contributed by atoms with E-state index in [1.807, 2.05) is 24.4 Å². The van der Waals surface area contributed by atoms with Crippen molar-refractivity contribution >= 4 is 34.7 Å². The zero-order chi connectivity index (χ0) is 24.0. The number of hydrogen-bond acceptors (Lipinski definition) is 7. The molecule has 0 bridgehead atoms. The fourth-order valence-corrected chi connectivity index (χ4v) is 4.42. The van der Waals surface area contributed by atoms with Gasteiger partial charge in [0.2, 0.25) is 23.5 Å². The summed E-state index contributed by atoms with van der Waals surface area (Å²) in [5.41, 5.74) is 0.557. The monoisotopic (exact) mass is 475 g/mol. The van der Waals surface area contributed by atoms with E-state index in [0.29, 0.717) is 36.0 Å². The summed E-state index contributed by atoms with van der Waals surface area (Å²) < 4.78 is 16.1. The molecular formula is C23H29N3O6S. The fourth-order valence-electron chi connectivity index (χ4n) is 3.78. The zero-order valence-electron chi connectivity index (χ0n) is 19.3. The number of thiophene rings is 1. The number of likely N-dealkylation sites (N-methyl/N-ethyl adjacent to an activating group) is 1. The third-order valence-electron chi connectivity index (χ3n) is 5.50. The molecule has 1 aromatic heterocycles. The van der Waals surface area contributed by atoms with Crippen molar-refractivity contribution in [3.05, 3.63) is 34.5 Å². The molecule has 1 N–H and O–H groups in total. The Hall–Kier alpha value is -3.27. The second kappa shape index (κ2) is 11.0. The van der Waals surface area contributed by atoms with Crippen molar-refractivity contribution in [2.45, 2.75) is 19.9 Å². The standard InChI is InChI=1S/C23H29N3O6S/c1-5-25(14-20(27)24-12-17-7-6-8-33-17)23(29)15-9-21(28)26(13-15)16-10-18(30-2)22(32-4)19(11-16)31-3/h6-8,10-11,15H,5,9,12-14H2,1-4H3,(H,24,27). The van der Waals surface area contributed by atoms with E-state index < -0.39 is 5.92 Å². The number of ether oxygens (including phenoxy) is 3. The summed E-state index contributed by atoms with van der Waals surface area (Å²) in [5.74, 6) is 0.103. The maximum Gasteiger partial charge on any atom is 0.239 e. The highest BCUT2D eigenvalue weighted by molar-refractivity contribution is 7.09. The van der Waals surface area contributed by atoms with Gasteiger partial charge in [-0.3, -0.25) is 14.4 Å². The second-order valence-corrected chi connectivity index (χ2v) is 8.53. The van der Waals surface area contributed by atoms with Gasteiger partial charge in [0.05, 0.1) is 46.0 Å². The summed E-state index contributed by atoms with van der Waals surface area (Å²) in [6.45, 7) is 2.79. The first kappa shape index (κ1) is 24.4. The number of hydrogen-bond donors (Lipinski definition) is 1. The van der Waals surface area contributed by atoms with E-state index in [-0.39, 0.29) is 37.2 Å². The Balaban J connectivity index is 1.68. The lowest BCUT2D eigenvalue weighted by Gasteiger charge is -2.24. The fraction of sp³-hybridized carbons (Fsp3) is 0.435. The molecule has 0 aliphatic carbocycles. The van der Waals surface area contributed by atoms with Crippen LogP contribution >= 0.6 is 11.3 Å². The lowest BCUT2D eigenvalue weighted by atomic mass is 10.1. The first-order valence-electron chi connectivity index (χ1n) is 10.6. The Bertz CT molecular complexity index is 969. The van der Waals surface area contributed by atoms with Crippen molar-refractivity contribution in [1.29, 1.82) is 0 Å². The van der Waals surface area contributed by atoms with Crippen LogP contribution in [0.4, 0.5) is 5.69 Å². The van der Waals surface area contributed by atoms with Crippen molar-refractivity contribution in [2.24, 2.45) is 5.92 Å². The average Bonchev–Trinajstić information content (AvgIpc) is 3.49. The van der Waals surface area contributed by atoms with E-state index in [1.165, 1.54) is 31.1 Å². The smallest absolute Gasteiger partial charge is 0.239 e. The largest absolute Gasteiger partial charge is 0.493 e. The van der Waals surface area contributed by atoms with Gasteiger partial charge in [-0.2, -0.15) is 0 Å². The van der Waals surface area contributed by atoms with Crippen molar-refractivity contribution in [1.82, 2.24) is 10.2 Å². The van der Waals surface area contributed by atoms with Gasteiger partial charge in [-0.1, -0.05) is 6.07 Å². The highest BCUT2D eigenvalue weighted by Crippen LogP contribution is 2.42. The Labute approximate surface area is 197 Å². The molecule has 1 unspecified atom stereocenters. The predicted octanol–water partition coefficient (Wildman–Crippen LogP) is 2.29. The first-order valence-corrected chi connectivity index (χ1v) is 11.5. The number of carbonyl (C=O) groups excluding carboxylic acids is 3. The number of methoxy groups -OCH3 is 3. The molecule has 1 saturated heterocycles.